The van der Waals surface area contributed by atoms with Crippen LogP contribution >= 0.6 is 0 Å². The van der Waals surface area contributed by atoms with Crippen molar-refractivity contribution >= 4 is 10.9 Å². The van der Waals surface area contributed by atoms with E-state index in [4.69, 9.17) is 4.74 Å². The van der Waals surface area contributed by atoms with E-state index in [-0.39, 0.29) is 18.4 Å². The summed E-state index contributed by atoms with van der Waals surface area (Å²) in [6.45, 7) is 1.90. The van der Waals surface area contributed by atoms with Gasteiger partial charge in [-0.1, -0.05) is 17.9 Å². The molecule has 8 heteroatoms. The van der Waals surface area contributed by atoms with E-state index >= 15 is 0 Å². The summed E-state index contributed by atoms with van der Waals surface area (Å²) in [7, 11) is 1.60. The number of hydrogen-bond acceptors (Lipinski definition) is 5. The zero-order valence-electron chi connectivity index (χ0n) is 20.7. The lowest BCUT2D eigenvalue weighted by atomic mass is 9.81. The maximum atomic E-state index is 12.9. The molecule has 37 heavy (non-hydrogen) atoms. The van der Waals surface area contributed by atoms with Crippen molar-refractivity contribution in [3.8, 4) is 17.6 Å². The maximum Gasteiger partial charge on any atom is 0.416 e. The number of ether oxygens (including phenoxy) is 1. The van der Waals surface area contributed by atoms with Crippen LogP contribution in [-0.2, 0) is 6.18 Å². The van der Waals surface area contributed by atoms with Crippen molar-refractivity contribution in [3.63, 3.8) is 0 Å². The second kappa shape index (κ2) is 12.0. The molecule has 1 aliphatic heterocycles. The van der Waals surface area contributed by atoms with E-state index in [9.17, 15) is 23.4 Å². The summed E-state index contributed by atoms with van der Waals surface area (Å²) >= 11 is 0. The van der Waals surface area contributed by atoms with Crippen molar-refractivity contribution in [2.24, 2.45) is 11.8 Å². The highest BCUT2D eigenvalue weighted by molar-refractivity contribution is 5.83. The first-order valence-corrected chi connectivity index (χ1v) is 12.4. The summed E-state index contributed by atoms with van der Waals surface area (Å²) in [4.78, 5) is 6.50. The Hall–Kier alpha value is -3.12. The third kappa shape index (κ3) is 6.80. The zero-order chi connectivity index (χ0) is 26.4. The van der Waals surface area contributed by atoms with Gasteiger partial charge >= 0.3 is 6.18 Å². The number of methoxy groups -OCH3 is 1. The Kier molecular flexibility index (Phi) is 8.70. The molecule has 2 aromatic carbocycles. The normalized spacial score (nSPS) is 19.3. The number of likely N-dealkylation sites (tertiary alicyclic amines) is 1. The van der Waals surface area contributed by atoms with Crippen LogP contribution in [-0.4, -0.2) is 53.4 Å². The summed E-state index contributed by atoms with van der Waals surface area (Å²) in [6, 6.07) is 12.5. The molecule has 3 atom stereocenters. The Morgan fingerprint density at radius 3 is 2.76 bits per heavy atom. The van der Waals surface area contributed by atoms with Crippen molar-refractivity contribution in [3.05, 3.63) is 71.4 Å². The number of aliphatic hydroxyl groups excluding tert-OH is 2. The summed E-state index contributed by atoms with van der Waals surface area (Å²) < 4.78 is 44.0. The number of alkyl halides is 3. The summed E-state index contributed by atoms with van der Waals surface area (Å²) in [6.07, 6.45) is -1.17. The molecule has 5 nitrogen and oxygen atoms in total. The van der Waals surface area contributed by atoms with Gasteiger partial charge in [0.05, 0.1) is 30.8 Å². The van der Waals surface area contributed by atoms with Gasteiger partial charge in [-0.05, 0) is 85.7 Å². The molecule has 0 radical (unpaired) electrons. The molecule has 1 aliphatic rings. The smallest absolute Gasteiger partial charge is 0.416 e. The van der Waals surface area contributed by atoms with Gasteiger partial charge in [-0.2, -0.15) is 13.2 Å². The maximum absolute atomic E-state index is 12.9. The second-order valence-corrected chi connectivity index (χ2v) is 9.48. The van der Waals surface area contributed by atoms with Gasteiger partial charge in [-0.3, -0.25) is 9.88 Å². The van der Waals surface area contributed by atoms with E-state index in [1.807, 2.05) is 24.3 Å². The topological polar surface area (TPSA) is 65.8 Å². The molecule has 0 spiro atoms. The van der Waals surface area contributed by atoms with E-state index in [1.165, 1.54) is 6.07 Å². The van der Waals surface area contributed by atoms with Crippen LogP contribution in [0.25, 0.3) is 10.9 Å². The molecule has 0 unspecified atom stereocenters. The van der Waals surface area contributed by atoms with Crippen molar-refractivity contribution in [2.45, 2.75) is 31.5 Å². The van der Waals surface area contributed by atoms with E-state index in [0.717, 1.165) is 48.0 Å². The van der Waals surface area contributed by atoms with E-state index in [2.05, 4.69) is 21.7 Å². The Morgan fingerprint density at radius 1 is 1.16 bits per heavy atom. The fourth-order valence-corrected chi connectivity index (χ4v) is 5.00. The number of hydrogen-bond donors (Lipinski definition) is 2. The van der Waals surface area contributed by atoms with Crippen LogP contribution in [0.2, 0.25) is 0 Å². The van der Waals surface area contributed by atoms with Crippen LogP contribution in [0, 0.1) is 23.7 Å². The van der Waals surface area contributed by atoms with Crippen LogP contribution < -0.4 is 4.74 Å². The number of aliphatic hydroxyl groups is 2. The van der Waals surface area contributed by atoms with Gasteiger partial charge in [0.15, 0.2) is 0 Å². The Morgan fingerprint density at radius 2 is 2.00 bits per heavy atom. The van der Waals surface area contributed by atoms with E-state index in [1.54, 1.807) is 19.4 Å². The summed E-state index contributed by atoms with van der Waals surface area (Å²) in [5, 5.41) is 21.9. The quantitative estimate of drug-likeness (QED) is 0.434. The highest BCUT2D eigenvalue weighted by atomic mass is 19.4. The first kappa shape index (κ1) is 26.9. The lowest BCUT2D eigenvalue weighted by molar-refractivity contribution is -0.137. The molecule has 3 aromatic rings. The molecule has 1 aromatic heterocycles. The van der Waals surface area contributed by atoms with E-state index < -0.39 is 17.8 Å². The number of nitrogens with zero attached hydrogens (tertiary/aromatic N) is 2. The monoisotopic (exact) mass is 512 g/mol. The third-order valence-corrected chi connectivity index (χ3v) is 7.09. The molecule has 0 bridgehead atoms. The minimum atomic E-state index is -4.39. The molecule has 4 rings (SSSR count). The predicted octanol–water partition coefficient (Wildman–Crippen LogP) is 5.06. The summed E-state index contributed by atoms with van der Waals surface area (Å²) in [5.74, 6) is 6.82. The number of rotatable bonds is 7. The van der Waals surface area contributed by atoms with Gasteiger partial charge in [0.25, 0.3) is 0 Å². The second-order valence-electron chi connectivity index (χ2n) is 9.48. The molecule has 0 saturated carbocycles. The van der Waals surface area contributed by atoms with Crippen molar-refractivity contribution in [1.29, 1.82) is 0 Å². The van der Waals surface area contributed by atoms with Gasteiger partial charge in [0, 0.05) is 30.3 Å². The number of halogens is 3. The minimum absolute atomic E-state index is 0.0354. The lowest BCUT2D eigenvalue weighted by Gasteiger charge is -2.37. The molecule has 2 N–H and O–H groups in total. The Labute approximate surface area is 214 Å². The van der Waals surface area contributed by atoms with Gasteiger partial charge in [-0.15, -0.1) is 0 Å². The third-order valence-electron chi connectivity index (χ3n) is 7.09. The van der Waals surface area contributed by atoms with Gasteiger partial charge in [-0.25, -0.2) is 0 Å². The van der Waals surface area contributed by atoms with E-state index in [0.29, 0.717) is 30.8 Å². The molecule has 0 amide bonds. The van der Waals surface area contributed by atoms with Gasteiger partial charge in [0.2, 0.25) is 0 Å². The zero-order valence-corrected chi connectivity index (χ0v) is 20.7. The van der Waals surface area contributed by atoms with Crippen LogP contribution in [0.3, 0.4) is 0 Å². The predicted molar refractivity (Wildman–Crippen MR) is 136 cm³/mol. The first-order valence-electron chi connectivity index (χ1n) is 12.4. The molecular formula is C29H31F3N2O3. The highest BCUT2D eigenvalue weighted by Gasteiger charge is 2.30. The van der Waals surface area contributed by atoms with Crippen LogP contribution in [0.15, 0.2) is 54.7 Å². The number of pyridine rings is 1. The van der Waals surface area contributed by atoms with Gasteiger partial charge < -0.3 is 14.9 Å². The molecule has 1 saturated heterocycles. The van der Waals surface area contributed by atoms with Crippen molar-refractivity contribution in [2.75, 3.05) is 33.4 Å². The molecule has 0 aliphatic carbocycles. The molecule has 1 fully saturated rings. The largest absolute Gasteiger partial charge is 0.497 e. The average molecular weight is 513 g/mol. The lowest BCUT2D eigenvalue weighted by Crippen LogP contribution is -2.42. The van der Waals surface area contributed by atoms with Crippen LogP contribution in [0.5, 0.6) is 5.75 Å². The number of fused-ring (bicyclic) bond motifs is 1. The minimum Gasteiger partial charge on any atom is -0.497 e. The van der Waals surface area contributed by atoms with Crippen LogP contribution in [0.4, 0.5) is 13.2 Å². The van der Waals surface area contributed by atoms with Crippen molar-refractivity contribution < 1.29 is 28.1 Å². The SMILES string of the molecule is COc1ccc2nccc([C@H](O)CC[C@@H]3CCN(CC#Cc4cccc(C(F)(F)F)c4)C[C@@H]3CO)c2c1. The Bertz CT molecular complexity index is 1270. The standard InChI is InChI=1S/C29H31F3N2O3/c1-37-24-8-9-27-26(17-24)25(11-13-33-27)28(36)10-7-21-12-15-34(18-22(21)19-35)14-3-5-20-4-2-6-23(16-20)29(30,31)32/h2,4,6,8-9,11,13,16-17,21-22,28,35-36H,7,10,12,14-15,18-19H2,1H3/t21-,22-,28-/m1/s1. The Balaban J connectivity index is 1.33. The number of benzene rings is 2. The average Bonchev–Trinajstić information content (AvgIpc) is 2.91. The molecule has 196 valence electrons. The summed E-state index contributed by atoms with van der Waals surface area (Å²) in [5.41, 5.74) is 1.23. The number of aromatic nitrogens is 1. The van der Waals surface area contributed by atoms with Crippen LogP contribution in [0.1, 0.15) is 42.1 Å². The number of piperidine rings is 1. The van der Waals surface area contributed by atoms with Crippen molar-refractivity contribution in [1.82, 2.24) is 9.88 Å². The van der Waals surface area contributed by atoms with Gasteiger partial charge in [0.1, 0.15) is 5.75 Å². The fourth-order valence-electron chi connectivity index (χ4n) is 5.00. The first-order chi connectivity index (χ1) is 17.8. The molecular weight excluding hydrogens is 481 g/mol. The fraction of sp³-hybridized carbons (Fsp3) is 0.414. The highest BCUT2D eigenvalue weighted by Crippen LogP contribution is 2.33. The molecule has 2 heterocycles.